The molecule has 0 saturated heterocycles. The monoisotopic (exact) mass is 403 g/mol. The third kappa shape index (κ3) is 4.10. The molecule has 3 nitrogen and oxygen atoms in total. The number of nitrogens with zero attached hydrogens (tertiary/aromatic N) is 3. The van der Waals surface area contributed by atoms with Crippen molar-refractivity contribution in [1.29, 1.82) is 0 Å². The van der Waals surface area contributed by atoms with E-state index in [4.69, 9.17) is 0 Å². The second kappa shape index (κ2) is 8.21. The predicted molar refractivity (Wildman–Crippen MR) is 117 cm³/mol. The molecule has 1 aromatic heterocycles. The van der Waals surface area contributed by atoms with Crippen LogP contribution in [0.3, 0.4) is 0 Å². The van der Waals surface area contributed by atoms with E-state index in [1.165, 1.54) is 28.3 Å². The van der Waals surface area contributed by atoms with Gasteiger partial charge in [-0.1, -0.05) is 59.8 Å². The first-order valence-corrected chi connectivity index (χ1v) is 10.5. The highest BCUT2D eigenvalue weighted by atomic mass is 32.2. The molecule has 5 heteroatoms. The van der Waals surface area contributed by atoms with Crippen molar-refractivity contribution >= 4 is 11.8 Å². The highest BCUT2D eigenvalue weighted by Crippen LogP contribution is 2.31. The summed E-state index contributed by atoms with van der Waals surface area (Å²) in [4.78, 5) is 0. The van der Waals surface area contributed by atoms with Crippen LogP contribution in [0.15, 0.2) is 71.9 Å². The Hall–Kier alpha value is -2.92. The summed E-state index contributed by atoms with van der Waals surface area (Å²) >= 11 is 1.60. The number of hydrogen-bond donors (Lipinski definition) is 0. The summed E-state index contributed by atoms with van der Waals surface area (Å²) in [5.41, 5.74) is 6.31. The summed E-state index contributed by atoms with van der Waals surface area (Å²) in [5.74, 6) is 0.969. The van der Waals surface area contributed by atoms with Gasteiger partial charge in [-0.3, -0.25) is 4.57 Å². The van der Waals surface area contributed by atoms with Crippen molar-refractivity contribution in [3.05, 3.63) is 94.8 Å². The molecule has 0 aliphatic carbocycles. The van der Waals surface area contributed by atoms with Gasteiger partial charge >= 0.3 is 0 Å². The molecule has 0 bridgehead atoms. The largest absolute Gasteiger partial charge is 0.270 e. The fourth-order valence-electron chi connectivity index (χ4n) is 3.15. The Bertz CT molecular complexity index is 1150. The van der Waals surface area contributed by atoms with E-state index < -0.39 is 0 Å². The van der Waals surface area contributed by atoms with Gasteiger partial charge in [0.15, 0.2) is 11.0 Å². The standard InChI is InChI=1S/C24H22FN3S/c1-16-8-12-20(13-9-16)28-23(21-6-4-5-7-22(21)25)26-27-24(28)29-15-19-11-10-17(2)18(3)14-19/h4-14H,15H2,1-3H3. The normalized spacial score (nSPS) is 11.0. The van der Waals surface area contributed by atoms with Crippen molar-refractivity contribution in [2.45, 2.75) is 31.7 Å². The van der Waals surface area contributed by atoms with Crippen LogP contribution in [0.25, 0.3) is 17.1 Å². The molecule has 1 heterocycles. The molecule has 0 aliphatic heterocycles. The van der Waals surface area contributed by atoms with Crippen molar-refractivity contribution in [2.24, 2.45) is 0 Å². The van der Waals surface area contributed by atoms with Gasteiger partial charge in [0.05, 0.1) is 5.56 Å². The van der Waals surface area contributed by atoms with Gasteiger partial charge in [-0.2, -0.15) is 0 Å². The molecule has 146 valence electrons. The van der Waals surface area contributed by atoms with Gasteiger partial charge in [0.25, 0.3) is 0 Å². The number of halogens is 1. The van der Waals surface area contributed by atoms with Crippen molar-refractivity contribution < 1.29 is 4.39 Å². The van der Waals surface area contributed by atoms with Gasteiger partial charge in [0.1, 0.15) is 5.82 Å². The number of aryl methyl sites for hydroxylation is 3. The quantitative estimate of drug-likeness (QED) is 0.367. The van der Waals surface area contributed by atoms with E-state index in [2.05, 4.69) is 42.2 Å². The average Bonchev–Trinajstić information content (AvgIpc) is 3.13. The van der Waals surface area contributed by atoms with E-state index in [1.54, 1.807) is 23.9 Å². The predicted octanol–water partition coefficient (Wildman–Crippen LogP) is 6.29. The molecular formula is C24H22FN3S. The zero-order valence-corrected chi connectivity index (χ0v) is 17.5. The van der Waals surface area contributed by atoms with E-state index in [0.29, 0.717) is 11.4 Å². The van der Waals surface area contributed by atoms with Crippen LogP contribution < -0.4 is 0 Å². The maximum Gasteiger partial charge on any atom is 0.196 e. The number of thioether (sulfide) groups is 1. The smallest absolute Gasteiger partial charge is 0.196 e. The molecule has 0 fully saturated rings. The molecule has 0 radical (unpaired) electrons. The number of aromatic nitrogens is 3. The van der Waals surface area contributed by atoms with E-state index in [0.717, 1.165) is 16.6 Å². The Morgan fingerprint density at radius 2 is 1.62 bits per heavy atom. The molecule has 0 atom stereocenters. The Labute approximate surface area is 174 Å². The van der Waals surface area contributed by atoms with Crippen LogP contribution in [0.4, 0.5) is 4.39 Å². The summed E-state index contributed by atoms with van der Waals surface area (Å²) in [5, 5.41) is 9.48. The maximum absolute atomic E-state index is 14.5. The van der Waals surface area contributed by atoms with Gasteiger partial charge in [-0.25, -0.2) is 4.39 Å². The van der Waals surface area contributed by atoms with Crippen LogP contribution in [0.5, 0.6) is 0 Å². The molecule has 0 amide bonds. The van der Waals surface area contributed by atoms with Gasteiger partial charge in [-0.05, 0) is 61.7 Å². The fourth-order valence-corrected chi connectivity index (χ4v) is 4.04. The molecule has 0 saturated carbocycles. The first-order chi connectivity index (χ1) is 14.0. The zero-order valence-electron chi connectivity index (χ0n) is 16.7. The van der Waals surface area contributed by atoms with E-state index in [9.17, 15) is 4.39 Å². The zero-order chi connectivity index (χ0) is 20.4. The summed E-state index contributed by atoms with van der Waals surface area (Å²) < 4.78 is 16.4. The molecule has 4 rings (SSSR count). The lowest BCUT2D eigenvalue weighted by Gasteiger charge is -2.11. The molecule has 4 aromatic rings. The summed E-state index contributed by atoms with van der Waals surface area (Å²) in [7, 11) is 0. The lowest BCUT2D eigenvalue weighted by molar-refractivity contribution is 0.629. The van der Waals surface area contributed by atoms with Crippen molar-refractivity contribution in [3.8, 4) is 17.1 Å². The number of hydrogen-bond acceptors (Lipinski definition) is 3. The second-order valence-corrected chi connectivity index (χ2v) is 8.11. The topological polar surface area (TPSA) is 30.7 Å². The summed E-state index contributed by atoms with van der Waals surface area (Å²) in [6.07, 6.45) is 0. The van der Waals surface area contributed by atoms with E-state index >= 15 is 0 Å². The van der Waals surface area contributed by atoms with Crippen LogP contribution in [0.1, 0.15) is 22.3 Å². The highest BCUT2D eigenvalue weighted by molar-refractivity contribution is 7.98. The lowest BCUT2D eigenvalue weighted by Crippen LogP contribution is -2.01. The summed E-state index contributed by atoms with van der Waals surface area (Å²) in [6.45, 7) is 6.28. The summed E-state index contributed by atoms with van der Waals surface area (Å²) in [6, 6.07) is 21.3. The van der Waals surface area contributed by atoms with E-state index in [1.807, 2.05) is 41.8 Å². The molecule has 0 N–H and O–H groups in total. The molecule has 3 aromatic carbocycles. The van der Waals surface area contributed by atoms with Gasteiger partial charge < -0.3 is 0 Å². The van der Waals surface area contributed by atoms with Crippen LogP contribution in [-0.2, 0) is 5.75 Å². The van der Waals surface area contributed by atoms with Gasteiger partial charge in [-0.15, -0.1) is 10.2 Å². The molecule has 0 unspecified atom stereocenters. The minimum atomic E-state index is -0.307. The first kappa shape index (κ1) is 19.4. The third-order valence-electron chi connectivity index (χ3n) is 4.98. The van der Waals surface area contributed by atoms with Crippen LogP contribution in [-0.4, -0.2) is 14.8 Å². The maximum atomic E-state index is 14.5. The van der Waals surface area contributed by atoms with Crippen LogP contribution in [0, 0.1) is 26.6 Å². The van der Waals surface area contributed by atoms with Crippen molar-refractivity contribution in [1.82, 2.24) is 14.8 Å². The van der Waals surface area contributed by atoms with Crippen LogP contribution >= 0.6 is 11.8 Å². The number of rotatable bonds is 5. The van der Waals surface area contributed by atoms with Crippen LogP contribution in [0.2, 0.25) is 0 Å². The van der Waals surface area contributed by atoms with Gasteiger partial charge in [0.2, 0.25) is 0 Å². The molecule has 29 heavy (non-hydrogen) atoms. The first-order valence-electron chi connectivity index (χ1n) is 9.49. The Kier molecular flexibility index (Phi) is 5.49. The third-order valence-corrected chi connectivity index (χ3v) is 5.98. The Morgan fingerprint density at radius 1 is 0.862 bits per heavy atom. The number of benzene rings is 3. The SMILES string of the molecule is Cc1ccc(-n2c(SCc3ccc(C)c(C)c3)nnc2-c2ccccc2F)cc1. The minimum Gasteiger partial charge on any atom is -0.270 e. The molecule has 0 aliphatic rings. The van der Waals surface area contributed by atoms with Crippen molar-refractivity contribution in [2.75, 3.05) is 0 Å². The fraction of sp³-hybridized carbons (Fsp3) is 0.167. The Morgan fingerprint density at radius 3 is 2.34 bits per heavy atom. The van der Waals surface area contributed by atoms with Gasteiger partial charge in [0, 0.05) is 11.4 Å². The Balaban J connectivity index is 1.74. The molecule has 0 spiro atoms. The van der Waals surface area contributed by atoms with E-state index in [-0.39, 0.29) is 5.82 Å². The highest BCUT2D eigenvalue weighted by Gasteiger charge is 2.18. The minimum absolute atomic E-state index is 0.307. The van der Waals surface area contributed by atoms with Crippen molar-refractivity contribution in [3.63, 3.8) is 0 Å². The second-order valence-electron chi connectivity index (χ2n) is 7.16. The molecular weight excluding hydrogens is 381 g/mol. The lowest BCUT2D eigenvalue weighted by atomic mass is 10.1. The average molecular weight is 404 g/mol.